The zero-order valence-electron chi connectivity index (χ0n) is 8.37. The lowest BCUT2D eigenvalue weighted by Crippen LogP contribution is -2.34. The second-order valence-corrected chi connectivity index (χ2v) is 3.65. The second kappa shape index (κ2) is 4.20. The fourth-order valence-electron chi connectivity index (χ4n) is 1.73. The molecule has 0 radical (unpaired) electrons. The van der Waals surface area contributed by atoms with Crippen LogP contribution >= 0.6 is 0 Å². The zero-order chi connectivity index (χ0) is 11.7. The molecule has 0 aromatic carbocycles. The Balaban J connectivity index is 2.31. The molecule has 88 valence electrons. The Bertz CT molecular complexity index is 479. The van der Waals surface area contributed by atoms with Gasteiger partial charge in [-0.2, -0.15) is 0 Å². The van der Waals surface area contributed by atoms with E-state index in [1.54, 1.807) is 0 Å². The van der Waals surface area contributed by atoms with E-state index in [4.69, 9.17) is 9.84 Å². The van der Waals surface area contributed by atoms with Crippen molar-refractivity contribution in [2.24, 2.45) is 0 Å². The van der Waals surface area contributed by atoms with Gasteiger partial charge in [-0.05, 0) is 0 Å². The van der Waals surface area contributed by atoms with Gasteiger partial charge in [0.05, 0.1) is 12.7 Å². The normalized spacial score (nSPS) is 29.5. The molecule has 1 aliphatic heterocycles. The summed E-state index contributed by atoms with van der Waals surface area (Å²) in [5, 5.41) is 18.5. The van der Waals surface area contributed by atoms with Gasteiger partial charge in [-0.25, -0.2) is 4.79 Å². The van der Waals surface area contributed by atoms with E-state index in [9.17, 15) is 14.7 Å². The first kappa shape index (κ1) is 11.1. The van der Waals surface area contributed by atoms with Crippen LogP contribution in [0.1, 0.15) is 12.6 Å². The van der Waals surface area contributed by atoms with Crippen LogP contribution in [0.4, 0.5) is 0 Å². The van der Waals surface area contributed by atoms with Crippen LogP contribution in [-0.2, 0) is 4.74 Å². The third kappa shape index (κ3) is 1.92. The first-order chi connectivity index (χ1) is 7.61. The molecule has 2 heterocycles. The number of aliphatic hydroxyl groups excluding tert-OH is 2. The number of aliphatic hydroxyl groups is 2. The topological polar surface area (TPSA) is 105 Å². The number of aromatic nitrogens is 2. The van der Waals surface area contributed by atoms with Crippen molar-refractivity contribution in [3.05, 3.63) is 33.1 Å². The Morgan fingerprint density at radius 2 is 2.31 bits per heavy atom. The average molecular weight is 228 g/mol. The number of nitrogens with zero attached hydrogens (tertiary/aromatic N) is 1. The van der Waals surface area contributed by atoms with E-state index in [1.165, 1.54) is 12.3 Å². The minimum atomic E-state index is -0.874. The van der Waals surface area contributed by atoms with Crippen LogP contribution in [0.2, 0.25) is 0 Å². The number of ether oxygens (including phenoxy) is 1. The number of hydrogen-bond acceptors (Lipinski definition) is 5. The summed E-state index contributed by atoms with van der Waals surface area (Å²) in [5.41, 5.74) is -1.15. The van der Waals surface area contributed by atoms with Gasteiger partial charge in [-0.15, -0.1) is 0 Å². The highest BCUT2D eigenvalue weighted by Crippen LogP contribution is 2.26. The van der Waals surface area contributed by atoms with Gasteiger partial charge < -0.3 is 14.9 Å². The van der Waals surface area contributed by atoms with Gasteiger partial charge in [-0.3, -0.25) is 14.3 Å². The molecule has 7 nitrogen and oxygen atoms in total. The van der Waals surface area contributed by atoms with Crippen LogP contribution in [0, 0.1) is 0 Å². The van der Waals surface area contributed by atoms with Crippen LogP contribution in [0.25, 0.3) is 0 Å². The van der Waals surface area contributed by atoms with Crippen molar-refractivity contribution in [3.8, 4) is 0 Å². The van der Waals surface area contributed by atoms with E-state index in [2.05, 4.69) is 4.98 Å². The molecule has 0 spiro atoms. The van der Waals surface area contributed by atoms with E-state index in [1.807, 2.05) is 0 Å². The third-order valence-corrected chi connectivity index (χ3v) is 2.49. The predicted molar refractivity (Wildman–Crippen MR) is 52.9 cm³/mol. The summed E-state index contributed by atoms with van der Waals surface area (Å²) in [6.07, 6.45) is -0.706. The van der Waals surface area contributed by atoms with Gasteiger partial charge in [0.25, 0.3) is 5.56 Å². The van der Waals surface area contributed by atoms with Gasteiger partial charge in [-0.1, -0.05) is 0 Å². The molecule has 0 bridgehead atoms. The van der Waals surface area contributed by atoms with Crippen molar-refractivity contribution < 1.29 is 14.9 Å². The fraction of sp³-hybridized carbons (Fsp3) is 0.556. The van der Waals surface area contributed by atoms with E-state index in [0.717, 1.165) is 4.57 Å². The van der Waals surface area contributed by atoms with Crippen molar-refractivity contribution in [2.75, 3.05) is 6.61 Å². The summed E-state index contributed by atoms with van der Waals surface area (Å²) in [7, 11) is 0. The van der Waals surface area contributed by atoms with Gasteiger partial charge in [0.2, 0.25) is 0 Å². The molecular weight excluding hydrogens is 216 g/mol. The quantitative estimate of drug-likeness (QED) is 0.552. The first-order valence-corrected chi connectivity index (χ1v) is 4.87. The highest BCUT2D eigenvalue weighted by Gasteiger charge is 2.35. The van der Waals surface area contributed by atoms with Crippen molar-refractivity contribution in [1.29, 1.82) is 0 Å². The Morgan fingerprint density at radius 3 is 2.88 bits per heavy atom. The maximum absolute atomic E-state index is 11.4. The summed E-state index contributed by atoms with van der Waals surface area (Å²) in [6.45, 7) is -0.217. The molecule has 1 fully saturated rings. The molecule has 1 unspecified atom stereocenters. The van der Waals surface area contributed by atoms with Gasteiger partial charge >= 0.3 is 5.69 Å². The highest BCUT2D eigenvalue weighted by molar-refractivity contribution is 4.88. The third-order valence-electron chi connectivity index (χ3n) is 2.49. The second-order valence-electron chi connectivity index (χ2n) is 3.65. The molecule has 3 N–H and O–H groups in total. The predicted octanol–water partition coefficient (Wildman–Crippen LogP) is -1.82. The monoisotopic (exact) mass is 228 g/mol. The largest absolute Gasteiger partial charge is 0.394 e. The van der Waals surface area contributed by atoms with Crippen LogP contribution in [0.15, 0.2) is 21.9 Å². The number of rotatable bonds is 2. The lowest BCUT2D eigenvalue weighted by atomic mass is 10.2. The van der Waals surface area contributed by atoms with E-state index in [0.29, 0.717) is 0 Å². The molecule has 1 aromatic rings. The maximum atomic E-state index is 11.4. The van der Waals surface area contributed by atoms with Crippen LogP contribution in [0.5, 0.6) is 0 Å². The van der Waals surface area contributed by atoms with Crippen LogP contribution in [0.3, 0.4) is 0 Å². The van der Waals surface area contributed by atoms with Crippen molar-refractivity contribution in [3.63, 3.8) is 0 Å². The average Bonchev–Trinajstić information content (AvgIpc) is 2.60. The summed E-state index contributed by atoms with van der Waals surface area (Å²) in [6, 6.07) is 1.17. The lowest BCUT2D eigenvalue weighted by Gasteiger charge is -2.16. The number of aromatic amines is 1. The molecule has 2 rings (SSSR count). The molecule has 3 atom stereocenters. The Morgan fingerprint density at radius 1 is 1.56 bits per heavy atom. The van der Waals surface area contributed by atoms with Crippen molar-refractivity contribution in [1.82, 2.24) is 9.55 Å². The molecule has 7 heteroatoms. The molecule has 1 saturated heterocycles. The Hall–Kier alpha value is -1.44. The minimum Gasteiger partial charge on any atom is -0.394 e. The zero-order valence-corrected chi connectivity index (χ0v) is 8.37. The lowest BCUT2D eigenvalue weighted by molar-refractivity contribution is -0.0530. The van der Waals surface area contributed by atoms with Crippen molar-refractivity contribution in [2.45, 2.75) is 24.9 Å². The summed E-state index contributed by atoms with van der Waals surface area (Å²) < 4.78 is 6.37. The first-order valence-electron chi connectivity index (χ1n) is 4.87. The summed E-state index contributed by atoms with van der Waals surface area (Å²) in [5.74, 6) is 0. The van der Waals surface area contributed by atoms with E-state index < -0.39 is 29.7 Å². The summed E-state index contributed by atoms with van der Waals surface area (Å²) in [4.78, 5) is 24.3. The SMILES string of the molecule is O=c1ccn(C2O[C@H](CO)C[C@@H]2O)c(=O)[nH]1. The van der Waals surface area contributed by atoms with Gasteiger partial charge in [0, 0.05) is 18.7 Å². The number of hydrogen-bond donors (Lipinski definition) is 3. The standard InChI is InChI=1S/C9H12N2O5/c12-4-5-3-6(13)8(16-5)11-2-1-7(14)10-9(11)15/h1-2,5-6,8,12-13H,3-4H2,(H,10,14,15)/t5-,6-,8?/m0/s1. The smallest absolute Gasteiger partial charge is 0.330 e. The maximum Gasteiger partial charge on any atom is 0.330 e. The molecule has 1 aliphatic rings. The molecule has 16 heavy (non-hydrogen) atoms. The summed E-state index contributed by atoms with van der Waals surface area (Å²) >= 11 is 0. The molecule has 0 saturated carbocycles. The molecule has 0 amide bonds. The highest BCUT2D eigenvalue weighted by atomic mass is 16.5. The molecular formula is C9H12N2O5. The van der Waals surface area contributed by atoms with Crippen LogP contribution in [-0.4, -0.2) is 38.6 Å². The molecule has 1 aromatic heterocycles. The Labute approximate surface area is 89.9 Å². The van der Waals surface area contributed by atoms with E-state index >= 15 is 0 Å². The van der Waals surface area contributed by atoms with Gasteiger partial charge in [0.15, 0.2) is 6.23 Å². The van der Waals surface area contributed by atoms with E-state index in [-0.39, 0.29) is 13.0 Å². The minimum absolute atomic E-state index is 0.217. The van der Waals surface area contributed by atoms with Crippen molar-refractivity contribution >= 4 is 0 Å². The number of H-pyrrole nitrogens is 1. The van der Waals surface area contributed by atoms with Gasteiger partial charge in [0.1, 0.15) is 6.10 Å². The number of nitrogens with one attached hydrogen (secondary N) is 1. The fourth-order valence-corrected chi connectivity index (χ4v) is 1.73. The Kier molecular flexibility index (Phi) is 2.90. The molecule has 0 aliphatic carbocycles. The van der Waals surface area contributed by atoms with Crippen LogP contribution < -0.4 is 11.2 Å².